The van der Waals surface area contributed by atoms with Crippen molar-refractivity contribution in [1.82, 2.24) is 15.1 Å². The van der Waals surface area contributed by atoms with Gasteiger partial charge in [0.25, 0.3) is 5.91 Å². The molecule has 0 spiro atoms. The number of rotatable bonds is 7. The maximum atomic E-state index is 12.4. The summed E-state index contributed by atoms with van der Waals surface area (Å²) in [6, 6.07) is 23.1. The molecule has 0 fully saturated rings. The molecule has 0 atom stereocenters. The number of aromatic nitrogens is 2. The molecule has 1 amide bonds. The first-order valence-corrected chi connectivity index (χ1v) is 11.7. The summed E-state index contributed by atoms with van der Waals surface area (Å²) in [6.07, 6.45) is 0. The number of amides is 1. The van der Waals surface area contributed by atoms with E-state index in [0.29, 0.717) is 25.3 Å². The molecule has 1 heterocycles. The Balaban J connectivity index is 1.56. The van der Waals surface area contributed by atoms with E-state index in [1.165, 1.54) is 22.3 Å². The minimum absolute atomic E-state index is 0.0836. The van der Waals surface area contributed by atoms with Crippen LogP contribution in [0.15, 0.2) is 66.7 Å². The maximum absolute atomic E-state index is 12.4. The summed E-state index contributed by atoms with van der Waals surface area (Å²) in [4.78, 5) is 12.4. The number of aryl methyl sites for hydroxylation is 1. The van der Waals surface area contributed by atoms with Gasteiger partial charge in [-0.15, -0.1) is 0 Å². The molecule has 0 unspecified atom stereocenters. The van der Waals surface area contributed by atoms with E-state index in [1.807, 2.05) is 29.8 Å². The average Bonchev–Trinajstić information content (AvgIpc) is 3.13. The monoisotopic (exact) mass is 455 g/mol. The lowest BCUT2D eigenvalue weighted by molar-refractivity contribution is 0.0937. The fraction of sp³-hybridized carbons (Fsp3) is 0.310. The lowest BCUT2D eigenvalue weighted by atomic mass is 9.82. The largest absolute Gasteiger partial charge is 0.383 e. The molecular formula is C29H33N3O2. The summed E-state index contributed by atoms with van der Waals surface area (Å²) in [5, 5.41) is 8.62. The molecule has 0 radical (unpaired) electrons. The van der Waals surface area contributed by atoms with Gasteiger partial charge in [-0.05, 0) is 52.8 Å². The second kappa shape index (κ2) is 9.82. The first kappa shape index (κ1) is 23.7. The highest BCUT2D eigenvalue weighted by Gasteiger charge is 2.18. The number of ether oxygens (including phenoxy) is 1. The summed E-state index contributed by atoms with van der Waals surface area (Å²) in [7, 11) is 1.62. The Bertz CT molecular complexity index is 1300. The lowest BCUT2D eigenvalue weighted by Crippen LogP contribution is -2.26. The molecule has 0 saturated carbocycles. The molecule has 34 heavy (non-hydrogen) atoms. The molecule has 0 aliphatic rings. The number of carbonyl (C=O) groups excluding carboxylic acids is 1. The van der Waals surface area contributed by atoms with Crippen molar-refractivity contribution in [2.45, 2.75) is 39.7 Å². The normalized spacial score (nSPS) is 11.7. The van der Waals surface area contributed by atoms with E-state index in [0.717, 1.165) is 16.6 Å². The van der Waals surface area contributed by atoms with Crippen LogP contribution in [0.2, 0.25) is 0 Å². The van der Waals surface area contributed by atoms with Gasteiger partial charge in [-0.25, -0.2) is 0 Å². The highest BCUT2D eigenvalue weighted by Crippen LogP contribution is 2.33. The van der Waals surface area contributed by atoms with Crippen LogP contribution in [0.4, 0.5) is 0 Å². The SMILES string of the molecule is COCCNC(=O)c1ccc2c(c1)c(C)nn2Cc1ccc(-c2ccccc2C(C)(C)C)cc1. The van der Waals surface area contributed by atoms with Crippen molar-refractivity contribution in [2.75, 3.05) is 20.3 Å². The van der Waals surface area contributed by atoms with Crippen LogP contribution in [-0.2, 0) is 16.7 Å². The van der Waals surface area contributed by atoms with Crippen molar-refractivity contribution in [3.63, 3.8) is 0 Å². The fourth-order valence-corrected chi connectivity index (χ4v) is 4.32. The number of nitrogens with one attached hydrogen (secondary N) is 1. The van der Waals surface area contributed by atoms with Gasteiger partial charge in [-0.3, -0.25) is 9.48 Å². The molecule has 0 aliphatic carbocycles. The molecule has 4 rings (SSSR count). The van der Waals surface area contributed by atoms with Crippen molar-refractivity contribution in [2.24, 2.45) is 0 Å². The fourth-order valence-electron chi connectivity index (χ4n) is 4.32. The molecule has 1 N–H and O–H groups in total. The van der Waals surface area contributed by atoms with E-state index in [4.69, 9.17) is 9.84 Å². The number of fused-ring (bicyclic) bond motifs is 1. The molecular weight excluding hydrogens is 422 g/mol. The van der Waals surface area contributed by atoms with Gasteiger partial charge >= 0.3 is 0 Å². The highest BCUT2D eigenvalue weighted by molar-refractivity contribution is 5.98. The number of nitrogens with zero attached hydrogens (tertiary/aromatic N) is 2. The Labute approximate surface area is 201 Å². The lowest BCUT2D eigenvalue weighted by Gasteiger charge is -2.23. The molecule has 5 heteroatoms. The smallest absolute Gasteiger partial charge is 0.251 e. The summed E-state index contributed by atoms with van der Waals surface area (Å²) in [5.74, 6) is -0.0998. The van der Waals surface area contributed by atoms with E-state index < -0.39 is 0 Å². The van der Waals surface area contributed by atoms with Crippen LogP contribution in [-0.4, -0.2) is 35.9 Å². The molecule has 0 bridgehead atoms. The number of methoxy groups -OCH3 is 1. The Morgan fingerprint density at radius 3 is 2.47 bits per heavy atom. The van der Waals surface area contributed by atoms with Crippen LogP contribution < -0.4 is 5.32 Å². The zero-order valence-electron chi connectivity index (χ0n) is 20.7. The predicted molar refractivity (Wildman–Crippen MR) is 138 cm³/mol. The summed E-state index contributed by atoms with van der Waals surface area (Å²) < 4.78 is 7.01. The van der Waals surface area contributed by atoms with Gasteiger partial charge in [0.05, 0.1) is 24.4 Å². The van der Waals surface area contributed by atoms with Crippen LogP contribution in [0.25, 0.3) is 22.0 Å². The first-order valence-electron chi connectivity index (χ1n) is 11.7. The van der Waals surface area contributed by atoms with E-state index in [-0.39, 0.29) is 11.3 Å². The van der Waals surface area contributed by atoms with E-state index in [1.54, 1.807) is 7.11 Å². The molecule has 5 nitrogen and oxygen atoms in total. The van der Waals surface area contributed by atoms with Crippen molar-refractivity contribution >= 4 is 16.8 Å². The molecule has 1 aromatic heterocycles. The molecule has 0 saturated heterocycles. The van der Waals surface area contributed by atoms with Crippen molar-refractivity contribution in [1.29, 1.82) is 0 Å². The van der Waals surface area contributed by atoms with Gasteiger partial charge in [0.2, 0.25) is 0 Å². The minimum atomic E-state index is -0.0998. The van der Waals surface area contributed by atoms with Gasteiger partial charge in [-0.2, -0.15) is 5.10 Å². The maximum Gasteiger partial charge on any atom is 0.251 e. The number of benzene rings is 3. The van der Waals surface area contributed by atoms with Gasteiger partial charge in [0.1, 0.15) is 0 Å². The third-order valence-corrected chi connectivity index (χ3v) is 6.12. The molecule has 3 aromatic carbocycles. The Morgan fingerprint density at radius 2 is 1.76 bits per heavy atom. The number of carbonyl (C=O) groups is 1. The second-order valence-corrected chi connectivity index (χ2v) is 9.72. The van der Waals surface area contributed by atoms with E-state index >= 15 is 0 Å². The van der Waals surface area contributed by atoms with Crippen LogP contribution in [0.3, 0.4) is 0 Å². The standard InChI is InChI=1S/C29H33N3O2/c1-20-25-18-23(28(33)30-16-17-34-5)14-15-27(25)32(31-20)19-21-10-12-22(13-11-21)24-8-6-7-9-26(24)29(2,3)4/h6-15,18H,16-17,19H2,1-5H3,(H,30,33). The third kappa shape index (κ3) is 5.05. The topological polar surface area (TPSA) is 56.1 Å². The predicted octanol–water partition coefficient (Wildman–Crippen LogP) is 5.73. The van der Waals surface area contributed by atoms with Crippen molar-refractivity contribution < 1.29 is 9.53 Å². The quantitative estimate of drug-likeness (QED) is 0.362. The molecule has 4 aromatic rings. The molecule has 176 valence electrons. The minimum Gasteiger partial charge on any atom is -0.383 e. The van der Waals surface area contributed by atoms with E-state index in [2.05, 4.69) is 74.6 Å². The zero-order chi connectivity index (χ0) is 24.3. The average molecular weight is 456 g/mol. The summed E-state index contributed by atoms with van der Waals surface area (Å²) in [5.41, 5.74) is 7.68. The van der Waals surface area contributed by atoms with Gasteiger partial charge in [0, 0.05) is 24.6 Å². The number of hydrogen-bond acceptors (Lipinski definition) is 3. The Kier molecular flexibility index (Phi) is 6.85. The van der Waals surface area contributed by atoms with Crippen molar-refractivity contribution in [3.05, 3.63) is 89.1 Å². The van der Waals surface area contributed by atoms with E-state index in [9.17, 15) is 4.79 Å². The van der Waals surface area contributed by atoms with Crippen LogP contribution in [0.5, 0.6) is 0 Å². The third-order valence-electron chi connectivity index (χ3n) is 6.12. The highest BCUT2D eigenvalue weighted by atomic mass is 16.5. The van der Waals surface area contributed by atoms with Crippen LogP contribution >= 0.6 is 0 Å². The summed E-state index contributed by atoms with van der Waals surface area (Å²) >= 11 is 0. The van der Waals surface area contributed by atoms with Gasteiger partial charge in [0.15, 0.2) is 0 Å². The van der Waals surface area contributed by atoms with Gasteiger partial charge < -0.3 is 10.1 Å². The zero-order valence-corrected chi connectivity index (χ0v) is 20.7. The second-order valence-electron chi connectivity index (χ2n) is 9.72. The van der Waals surface area contributed by atoms with Crippen molar-refractivity contribution in [3.8, 4) is 11.1 Å². The molecule has 0 aliphatic heterocycles. The number of hydrogen-bond donors (Lipinski definition) is 1. The summed E-state index contributed by atoms with van der Waals surface area (Å²) in [6.45, 7) is 10.4. The Morgan fingerprint density at radius 1 is 1.03 bits per heavy atom. The first-order chi connectivity index (χ1) is 16.3. The van der Waals surface area contributed by atoms with Crippen LogP contribution in [0, 0.1) is 6.92 Å². The van der Waals surface area contributed by atoms with Gasteiger partial charge in [-0.1, -0.05) is 69.3 Å². The van der Waals surface area contributed by atoms with Crippen LogP contribution in [0.1, 0.15) is 48.0 Å². The Hall–Kier alpha value is -3.44.